The zero-order valence-corrected chi connectivity index (χ0v) is 25.2. The zero-order chi connectivity index (χ0) is 31.5. The third-order valence-electron chi connectivity index (χ3n) is 7.47. The van der Waals surface area contributed by atoms with Gasteiger partial charge in [0, 0.05) is 31.2 Å². The van der Waals surface area contributed by atoms with E-state index in [4.69, 9.17) is 4.74 Å². The molecule has 1 aliphatic rings. The molecule has 2 N–H and O–H groups in total. The summed E-state index contributed by atoms with van der Waals surface area (Å²) in [7, 11) is -2.10. The number of aliphatic hydroxyl groups is 1. The van der Waals surface area contributed by atoms with Crippen LogP contribution in [0.25, 0.3) is 0 Å². The number of carbonyl (C=O) groups is 1. The Balaban J connectivity index is 1.59. The van der Waals surface area contributed by atoms with Gasteiger partial charge in [0.25, 0.3) is 15.9 Å². The van der Waals surface area contributed by atoms with Crippen LogP contribution in [0.3, 0.4) is 0 Å². The van der Waals surface area contributed by atoms with E-state index >= 15 is 0 Å². The number of aliphatic hydroxyl groups excluding tert-OH is 1. The lowest BCUT2D eigenvalue weighted by molar-refractivity contribution is -0.137. The topological polar surface area (TPSA) is 99.2 Å². The number of rotatable bonds is 9. The molecule has 1 aliphatic heterocycles. The molecule has 4 rings (SSSR count). The summed E-state index contributed by atoms with van der Waals surface area (Å²) in [5, 5.41) is 9.90. The number of fused-ring (bicyclic) bond motifs is 1. The maximum absolute atomic E-state index is 13.7. The predicted octanol–water partition coefficient (Wildman–Crippen LogP) is 5.17. The van der Waals surface area contributed by atoms with Crippen molar-refractivity contribution >= 4 is 21.6 Å². The summed E-state index contributed by atoms with van der Waals surface area (Å²) in [5.74, 6) is -0.324. The third kappa shape index (κ3) is 7.87. The number of benzene rings is 3. The number of aryl methyl sites for hydroxylation is 1. The number of ether oxygens (including phenoxy) is 1. The molecule has 0 unspecified atom stereocenters. The van der Waals surface area contributed by atoms with Crippen LogP contribution in [0.5, 0.6) is 5.75 Å². The zero-order valence-electron chi connectivity index (χ0n) is 24.4. The fraction of sp³-hybridized carbons (Fsp3) is 0.387. The Morgan fingerprint density at radius 1 is 1.09 bits per heavy atom. The molecular weight excluding hydrogens is 583 g/mol. The van der Waals surface area contributed by atoms with E-state index in [9.17, 15) is 31.5 Å². The molecule has 3 aromatic carbocycles. The van der Waals surface area contributed by atoms with Crippen LogP contribution in [0.4, 0.5) is 18.9 Å². The summed E-state index contributed by atoms with van der Waals surface area (Å²) in [4.78, 5) is 17.2. The molecule has 3 aromatic rings. The van der Waals surface area contributed by atoms with Gasteiger partial charge in [0.15, 0.2) is 0 Å². The van der Waals surface area contributed by atoms with Gasteiger partial charge in [-0.1, -0.05) is 36.8 Å². The van der Waals surface area contributed by atoms with Crippen molar-refractivity contribution in [1.29, 1.82) is 0 Å². The van der Waals surface area contributed by atoms with Crippen LogP contribution in [0.2, 0.25) is 0 Å². The minimum atomic E-state index is -4.41. The largest absolute Gasteiger partial charge is 0.488 e. The number of sulfonamides is 1. The lowest BCUT2D eigenvalue weighted by Gasteiger charge is -2.38. The van der Waals surface area contributed by atoms with Crippen molar-refractivity contribution in [1.82, 2.24) is 9.80 Å². The fourth-order valence-electron chi connectivity index (χ4n) is 4.92. The Morgan fingerprint density at radius 3 is 2.35 bits per heavy atom. The molecule has 1 heterocycles. The number of anilines is 1. The highest BCUT2D eigenvalue weighted by Crippen LogP contribution is 2.32. The van der Waals surface area contributed by atoms with Gasteiger partial charge in [-0.2, -0.15) is 13.2 Å². The van der Waals surface area contributed by atoms with Crippen LogP contribution in [0, 0.1) is 12.8 Å². The van der Waals surface area contributed by atoms with Gasteiger partial charge in [-0.15, -0.1) is 0 Å². The number of carbonyl (C=O) groups excluding carboxylic acids is 1. The Kier molecular flexibility index (Phi) is 9.73. The first-order valence-corrected chi connectivity index (χ1v) is 15.3. The lowest BCUT2D eigenvalue weighted by atomic mass is 9.99. The number of halogens is 3. The summed E-state index contributed by atoms with van der Waals surface area (Å²) < 4.78 is 73.8. The van der Waals surface area contributed by atoms with Crippen molar-refractivity contribution in [2.24, 2.45) is 5.92 Å². The SMILES string of the molecule is Cc1ccc(S(=O)(=O)Nc2ccc3c(c2)C(=O)N([C@@H](C)CO)C[C@@H](C)[C@@H](CN(C)Cc2ccc(C(F)(F)F)cc2)O3)cc1. The molecule has 43 heavy (non-hydrogen) atoms. The molecule has 1 amide bonds. The van der Waals surface area contributed by atoms with Crippen LogP contribution in [-0.4, -0.2) is 68.1 Å². The molecule has 0 saturated carbocycles. The van der Waals surface area contributed by atoms with E-state index in [-0.39, 0.29) is 41.0 Å². The average Bonchev–Trinajstić information content (AvgIpc) is 2.94. The maximum Gasteiger partial charge on any atom is 0.416 e. The highest BCUT2D eigenvalue weighted by Gasteiger charge is 2.34. The summed E-state index contributed by atoms with van der Waals surface area (Å²) in [6.07, 6.45) is -4.84. The standard InChI is InChI=1S/C31H36F3N3O5S/c1-20-5-12-26(13-6-20)43(40,41)35-25-11-14-28-27(15-25)30(39)37(22(3)19-38)16-21(2)29(42-28)18-36(4)17-23-7-9-24(10-8-23)31(32,33)34/h5-15,21-22,29,35,38H,16-19H2,1-4H3/t21-,22+,29-/m1/s1. The Labute approximate surface area is 250 Å². The van der Waals surface area contributed by atoms with Gasteiger partial charge in [-0.25, -0.2) is 8.42 Å². The first kappa shape index (κ1) is 32.3. The van der Waals surface area contributed by atoms with E-state index in [1.165, 1.54) is 36.4 Å². The molecule has 0 aliphatic carbocycles. The summed E-state index contributed by atoms with van der Waals surface area (Å²) in [6.45, 7) is 6.25. The molecule has 0 aromatic heterocycles. The normalized spacial score (nSPS) is 18.4. The van der Waals surface area contributed by atoms with Crippen molar-refractivity contribution in [2.45, 2.75) is 50.5 Å². The molecule has 0 fully saturated rings. The van der Waals surface area contributed by atoms with E-state index in [0.717, 1.165) is 17.7 Å². The number of amides is 1. The van der Waals surface area contributed by atoms with E-state index in [2.05, 4.69) is 4.72 Å². The molecule has 0 saturated heterocycles. The van der Waals surface area contributed by atoms with Gasteiger partial charge in [0.1, 0.15) is 11.9 Å². The van der Waals surface area contributed by atoms with E-state index < -0.39 is 39.8 Å². The molecule has 3 atom stereocenters. The van der Waals surface area contributed by atoms with Gasteiger partial charge in [0.2, 0.25) is 0 Å². The summed E-state index contributed by atoms with van der Waals surface area (Å²) in [6, 6.07) is 15.4. The Morgan fingerprint density at radius 2 is 1.74 bits per heavy atom. The fourth-order valence-corrected chi connectivity index (χ4v) is 5.97. The van der Waals surface area contributed by atoms with E-state index in [1.54, 1.807) is 30.0 Å². The smallest absolute Gasteiger partial charge is 0.416 e. The molecule has 0 spiro atoms. The quantitative estimate of drug-likeness (QED) is 0.343. The summed E-state index contributed by atoms with van der Waals surface area (Å²) >= 11 is 0. The van der Waals surface area contributed by atoms with Crippen molar-refractivity contribution in [2.75, 3.05) is 31.5 Å². The van der Waals surface area contributed by atoms with Crippen LogP contribution >= 0.6 is 0 Å². The predicted molar refractivity (Wildman–Crippen MR) is 157 cm³/mol. The number of alkyl halides is 3. The Bertz CT molecular complexity index is 1530. The maximum atomic E-state index is 13.7. The molecule has 0 bridgehead atoms. The summed E-state index contributed by atoms with van der Waals surface area (Å²) in [5.41, 5.74) is 1.22. The van der Waals surface area contributed by atoms with Gasteiger partial charge in [-0.3, -0.25) is 14.4 Å². The van der Waals surface area contributed by atoms with Gasteiger partial charge in [-0.05, 0) is 68.9 Å². The molecule has 232 valence electrons. The number of likely N-dealkylation sites (N-methyl/N-ethyl adjacent to an activating group) is 1. The highest BCUT2D eigenvalue weighted by atomic mass is 32.2. The van der Waals surface area contributed by atoms with Crippen molar-refractivity contribution in [3.8, 4) is 5.75 Å². The first-order chi connectivity index (χ1) is 20.2. The monoisotopic (exact) mass is 619 g/mol. The molecule has 8 nitrogen and oxygen atoms in total. The second kappa shape index (κ2) is 12.9. The van der Waals surface area contributed by atoms with Crippen LogP contribution < -0.4 is 9.46 Å². The van der Waals surface area contributed by atoms with E-state index in [0.29, 0.717) is 18.7 Å². The van der Waals surface area contributed by atoms with Crippen LogP contribution in [0.1, 0.15) is 40.9 Å². The van der Waals surface area contributed by atoms with Gasteiger partial charge < -0.3 is 14.7 Å². The Hall–Kier alpha value is -3.61. The highest BCUT2D eigenvalue weighted by molar-refractivity contribution is 7.92. The van der Waals surface area contributed by atoms with Crippen LogP contribution in [0.15, 0.2) is 71.6 Å². The van der Waals surface area contributed by atoms with Crippen molar-refractivity contribution < 1.29 is 36.2 Å². The van der Waals surface area contributed by atoms with Gasteiger partial charge >= 0.3 is 6.18 Å². The number of hydrogen-bond acceptors (Lipinski definition) is 6. The minimum absolute atomic E-state index is 0.0768. The molecule has 0 radical (unpaired) electrons. The van der Waals surface area contributed by atoms with E-state index in [1.807, 2.05) is 25.8 Å². The second-order valence-electron chi connectivity index (χ2n) is 11.1. The second-order valence-corrected chi connectivity index (χ2v) is 12.8. The molecule has 12 heteroatoms. The third-order valence-corrected chi connectivity index (χ3v) is 8.87. The molecular formula is C31H36F3N3O5S. The first-order valence-electron chi connectivity index (χ1n) is 13.8. The minimum Gasteiger partial charge on any atom is -0.488 e. The van der Waals surface area contributed by atoms with Crippen molar-refractivity contribution in [3.63, 3.8) is 0 Å². The van der Waals surface area contributed by atoms with Crippen LogP contribution in [-0.2, 0) is 22.7 Å². The number of nitrogens with zero attached hydrogens (tertiary/aromatic N) is 2. The van der Waals surface area contributed by atoms with Gasteiger partial charge in [0.05, 0.1) is 28.7 Å². The number of hydrogen-bond donors (Lipinski definition) is 2. The van der Waals surface area contributed by atoms with Crippen molar-refractivity contribution in [3.05, 3.63) is 89.0 Å². The average molecular weight is 620 g/mol. The number of nitrogens with one attached hydrogen (secondary N) is 1. The lowest BCUT2D eigenvalue weighted by Crippen LogP contribution is -2.49.